The van der Waals surface area contributed by atoms with Crippen LogP contribution in [0.5, 0.6) is 0 Å². The molecular formula is C22H26BrFN2O4. The molecule has 0 spiro atoms. The number of aliphatic hydroxyl groups excluding tert-OH is 1. The molecule has 0 aliphatic rings. The summed E-state index contributed by atoms with van der Waals surface area (Å²) < 4.78 is 20.8. The van der Waals surface area contributed by atoms with Crippen LogP contribution in [0.1, 0.15) is 42.3 Å². The Hall–Kier alpha value is -2.45. The summed E-state index contributed by atoms with van der Waals surface area (Å²) in [4.78, 5) is 26.1. The minimum atomic E-state index is -0.703. The topological polar surface area (TPSA) is 78.9 Å². The summed E-state index contributed by atoms with van der Waals surface area (Å²) in [5.41, 5.74) is 1.09. The van der Waals surface area contributed by atoms with Crippen LogP contribution in [0.25, 0.3) is 0 Å². The molecule has 162 valence electrons. The zero-order valence-corrected chi connectivity index (χ0v) is 19.0. The first-order valence-corrected chi connectivity index (χ1v) is 10.2. The van der Waals surface area contributed by atoms with Crippen LogP contribution in [0.2, 0.25) is 0 Å². The second-order valence-corrected chi connectivity index (χ2v) is 8.66. The number of nitrogens with one attached hydrogen (secondary N) is 1. The molecule has 0 aliphatic carbocycles. The van der Waals surface area contributed by atoms with Gasteiger partial charge in [0, 0.05) is 23.2 Å². The van der Waals surface area contributed by atoms with Crippen LogP contribution in [0.3, 0.4) is 0 Å². The fraction of sp³-hybridized carbons (Fsp3) is 0.364. The number of hydrogen-bond donors (Lipinski definition) is 2. The molecule has 6 nitrogen and oxygen atoms in total. The van der Waals surface area contributed by atoms with Gasteiger partial charge in [-0.15, -0.1) is 0 Å². The van der Waals surface area contributed by atoms with E-state index in [0.717, 1.165) is 10.0 Å². The second-order valence-electron chi connectivity index (χ2n) is 7.81. The standard InChI is InChI=1S/C22H26BrFN2O4/c1-14-17(23)6-5-7-19(14)25-20(28)16-9-8-15(12-18(16)24)13-26(10-11-27)21(29)30-22(2,3)4/h5-9,12,27H,10-11,13H2,1-4H3,(H,25,28). The highest BCUT2D eigenvalue weighted by Gasteiger charge is 2.22. The maximum Gasteiger partial charge on any atom is 0.410 e. The molecule has 2 rings (SSSR count). The zero-order chi connectivity index (χ0) is 22.5. The molecule has 0 radical (unpaired) electrons. The van der Waals surface area contributed by atoms with E-state index in [2.05, 4.69) is 21.2 Å². The number of rotatable bonds is 6. The van der Waals surface area contributed by atoms with Crippen LogP contribution in [0, 0.1) is 12.7 Å². The summed E-state index contributed by atoms with van der Waals surface area (Å²) >= 11 is 3.40. The number of carbonyl (C=O) groups is 2. The van der Waals surface area contributed by atoms with E-state index < -0.39 is 23.4 Å². The van der Waals surface area contributed by atoms with Crippen molar-refractivity contribution in [1.29, 1.82) is 0 Å². The molecule has 2 amide bonds. The average Bonchev–Trinajstić information content (AvgIpc) is 2.63. The lowest BCUT2D eigenvalue weighted by Gasteiger charge is -2.27. The quantitative estimate of drug-likeness (QED) is 0.617. The van der Waals surface area contributed by atoms with Gasteiger partial charge < -0.3 is 20.1 Å². The van der Waals surface area contributed by atoms with Gasteiger partial charge >= 0.3 is 6.09 Å². The maximum atomic E-state index is 14.6. The molecule has 8 heteroatoms. The van der Waals surface area contributed by atoms with Gasteiger partial charge in [-0.05, 0) is 63.1 Å². The minimum absolute atomic E-state index is 0.0407. The SMILES string of the molecule is Cc1c(Br)cccc1NC(=O)c1ccc(CN(CCO)C(=O)OC(C)(C)C)cc1F. The van der Waals surface area contributed by atoms with Crippen molar-refractivity contribution in [2.45, 2.75) is 39.8 Å². The molecule has 2 aromatic carbocycles. The predicted molar refractivity (Wildman–Crippen MR) is 117 cm³/mol. The summed E-state index contributed by atoms with van der Waals surface area (Å²) in [6, 6.07) is 9.51. The van der Waals surface area contributed by atoms with Crippen molar-refractivity contribution in [3.05, 3.63) is 63.4 Å². The van der Waals surface area contributed by atoms with E-state index in [1.165, 1.54) is 17.0 Å². The van der Waals surface area contributed by atoms with E-state index in [-0.39, 0.29) is 25.3 Å². The van der Waals surface area contributed by atoms with E-state index >= 15 is 0 Å². The number of amides is 2. The highest BCUT2D eigenvalue weighted by Crippen LogP contribution is 2.24. The summed E-state index contributed by atoms with van der Waals surface area (Å²) in [6.45, 7) is 6.88. The lowest BCUT2D eigenvalue weighted by Crippen LogP contribution is -2.38. The van der Waals surface area contributed by atoms with Gasteiger partial charge in [-0.25, -0.2) is 9.18 Å². The Balaban J connectivity index is 2.16. The van der Waals surface area contributed by atoms with E-state index in [4.69, 9.17) is 4.74 Å². The normalized spacial score (nSPS) is 11.2. The first-order chi connectivity index (χ1) is 14.0. The van der Waals surface area contributed by atoms with Crippen LogP contribution < -0.4 is 5.32 Å². The smallest absolute Gasteiger partial charge is 0.410 e. The maximum absolute atomic E-state index is 14.6. The third kappa shape index (κ3) is 6.53. The van der Waals surface area contributed by atoms with E-state index in [1.54, 1.807) is 39.0 Å². The molecule has 0 atom stereocenters. The number of anilines is 1. The third-order valence-corrected chi connectivity index (χ3v) is 5.05. The molecule has 0 unspecified atom stereocenters. The number of nitrogens with zero attached hydrogens (tertiary/aromatic N) is 1. The Morgan fingerprint density at radius 3 is 2.53 bits per heavy atom. The first kappa shape index (κ1) is 23.8. The van der Waals surface area contributed by atoms with Gasteiger partial charge in [0.15, 0.2) is 0 Å². The van der Waals surface area contributed by atoms with Crippen LogP contribution in [0.4, 0.5) is 14.9 Å². The van der Waals surface area contributed by atoms with E-state index in [0.29, 0.717) is 11.3 Å². The molecule has 0 saturated carbocycles. The monoisotopic (exact) mass is 480 g/mol. The van der Waals surface area contributed by atoms with Crippen LogP contribution in [-0.4, -0.2) is 40.8 Å². The fourth-order valence-corrected chi connectivity index (χ4v) is 3.04. The minimum Gasteiger partial charge on any atom is -0.444 e. The number of benzene rings is 2. The van der Waals surface area contributed by atoms with Gasteiger partial charge in [-0.1, -0.05) is 28.1 Å². The fourth-order valence-electron chi connectivity index (χ4n) is 2.68. The lowest BCUT2D eigenvalue weighted by atomic mass is 10.1. The van der Waals surface area contributed by atoms with Crippen LogP contribution in [0.15, 0.2) is 40.9 Å². The molecule has 0 bridgehead atoms. The van der Waals surface area contributed by atoms with Gasteiger partial charge in [-0.3, -0.25) is 4.79 Å². The summed E-state index contributed by atoms with van der Waals surface area (Å²) in [7, 11) is 0. The number of aliphatic hydroxyl groups is 1. The van der Waals surface area contributed by atoms with Crippen molar-refractivity contribution < 1.29 is 23.8 Å². The number of carbonyl (C=O) groups excluding carboxylic acids is 2. The van der Waals surface area contributed by atoms with Gasteiger partial charge in [0.05, 0.1) is 12.2 Å². The molecule has 0 heterocycles. The number of ether oxygens (including phenoxy) is 1. The molecule has 2 N–H and O–H groups in total. The van der Waals surface area contributed by atoms with Crippen molar-refractivity contribution in [2.24, 2.45) is 0 Å². The zero-order valence-electron chi connectivity index (χ0n) is 17.5. The third-order valence-electron chi connectivity index (χ3n) is 4.19. The summed E-state index contributed by atoms with van der Waals surface area (Å²) in [6.07, 6.45) is -0.607. The number of halogens is 2. The van der Waals surface area contributed by atoms with Gasteiger partial charge in [0.1, 0.15) is 11.4 Å². The summed E-state index contributed by atoms with van der Waals surface area (Å²) in [5, 5.41) is 11.9. The Morgan fingerprint density at radius 1 is 1.23 bits per heavy atom. The molecule has 30 heavy (non-hydrogen) atoms. The molecular weight excluding hydrogens is 455 g/mol. The molecule has 0 saturated heterocycles. The van der Waals surface area contributed by atoms with Gasteiger partial charge in [0.25, 0.3) is 5.91 Å². The van der Waals surface area contributed by atoms with E-state index in [9.17, 15) is 19.1 Å². The second kappa shape index (κ2) is 10.0. The largest absolute Gasteiger partial charge is 0.444 e. The van der Waals surface area contributed by atoms with Crippen LogP contribution >= 0.6 is 15.9 Å². The molecule has 0 aliphatic heterocycles. The van der Waals surface area contributed by atoms with Crippen molar-refractivity contribution >= 4 is 33.6 Å². The van der Waals surface area contributed by atoms with E-state index in [1.807, 2.05) is 13.0 Å². The summed E-state index contributed by atoms with van der Waals surface area (Å²) in [5.74, 6) is -1.27. The average molecular weight is 481 g/mol. The Morgan fingerprint density at radius 2 is 1.93 bits per heavy atom. The van der Waals surface area contributed by atoms with Gasteiger partial charge in [-0.2, -0.15) is 0 Å². The molecule has 0 aromatic heterocycles. The van der Waals surface area contributed by atoms with Crippen molar-refractivity contribution in [2.75, 3.05) is 18.5 Å². The molecule has 0 fully saturated rings. The van der Waals surface area contributed by atoms with Crippen molar-refractivity contribution in [1.82, 2.24) is 4.90 Å². The highest BCUT2D eigenvalue weighted by molar-refractivity contribution is 9.10. The van der Waals surface area contributed by atoms with Crippen molar-refractivity contribution in [3.8, 4) is 0 Å². The lowest BCUT2D eigenvalue weighted by molar-refractivity contribution is 0.0201. The Bertz CT molecular complexity index is 928. The predicted octanol–water partition coefficient (Wildman–Crippen LogP) is 4.88. The first-order valence-electron chi connectivity index (χ1n) is 9.45. The Labute approximate surface area is 184 Å². The van der Waals surface area contributed by atoms with Gasteiger partial charge in [0.2, 0.25) is 0 Å². The van der Waals surface area contributed by atoms with Crippen LogP contribution in [-0.2, 0) is 11.3 Å². The molecule has 2 aromatic rings. The Kier molecular flexibility index (Phi) is 7.97. The van der Waals surface area contributed by atoms with Crippen molar-refractivity contribution in [3.63, 3.8) is 0 Å². The highest BCUT2D eigenvalue weighted by atomic mass is 79.9. The number of hydrogen-bond acceptors (Lipinski definition) is 4.